The van der Waals surface area contributed by atoms with Crippen molar-refractivity contribution in [2.75, 3.05) is 0 Å². The zero-order valence-corrected chi connectivity index (χ0v) is 14.6. The quantitative estimate of drug-likeness (QED) is 0.142. The van der Waals surface area contributed by atoms with E-state index in [1.54, 1.807) is 0 Å². The molecule has 2 N–H and O–H groups in total. The number of rotatable bonds is 0. The van der Waals surface area contributed by atoms with Crippen molar-refractivity contribution in [3.63, 3.8) is 0 Å². The fourth-order valence-corrected chi connectivity index (χ4v) is 0. The van der Waals surface area contributed by atoms with E-state index in [1.165, 1.54) is 9.82 Å². The van der Waals surface area contributed by atoms with E-state index in [4.69, 9.17) is 39.6 Å². The molecule has 0 saturated heterocycles. The molecule has 0 spiro atoms. The maximum Gasteiger partial charge on any atom is 1.00 e. The molecular formula is H2N6Na3O4S+. The maximum atomic E-state index is 8.74. The fraction of sp³-hybridized carbons (Fsp3) is 0. The molecule has 0 aromatic heterocycles. The molecule has 0 unspecified atom stereocenters. The summed E-state index contributed by atoms with van der Waals surface area (Å²) in [6, 6.07) is 0. The maximum absolute atomic E-state index is 8.74. The minimum atomic E-state index is -4.67. The minimum absolute atomic E-state index is 0. The van der Waals surface area contributed by atoms with Gasteiger partial charge in [0.05, 0.1) is 0 Å². The third-order valence-corrected chi connectivity index (χ3v) is 0. The van der Waals surface area contributed by atoms with Crippen molar-refractivity contribution < 1.29 is 106 Å². The first-order chi connectivity index (χ1) is 4.83. The minimum Gasteiger partial charge on any atom is -0.373 e. The molecule has 0 fully saturated rings. The molecule has 0 aromatic carbocycles. The Hall–Kier alpha value is 1.49. The monoisotopic (exact) mass is 251 g/mol. The van der Waals surface area contributed by atoms with E-state index in [-0.39, 0.29) is 88.7 Å². The van der Waals surface area contributed by atoms with Crippen LogP contribution >= 0.6 is 0 Å². The van der Waals surface area contributed by atoms with Gasteiger partial charge in [-0.1, -0.05) is 0 Å². The van der Waals surface area contributed by atoms with Gasteiger partial charge in [-0.2, -0.15) is 8.42 Å². The summed E-state index contributed by atoms with van der Waals surface area (Å²) in [6.45, 7) is 0. The summed E-state index contributed by atoms with van der Waals surface area (Å²) < 4.78 is 31.6. The molecule has 0 radical (unpaired) electrons. The van der Waals surface area contributed by atoms with Gasteiger partial charge in [0.15, 0.2) is 0 Å². The Labute approximate surface area is 146 Å². The van der Waals surface area contributed by atoms with Crippen LogP contribution in [0.4, 0.5) is 0 Å². The molecule has 64 valence electrons. The first kappa shape index (κ1) is 36.1. The molecule has 14 heteroatoms. The average Bonchev–Trinajstić information content (AvgIpc) is 1.62. The third-order valence-electron chi connectivity index (χ3n) is 0. The standard InChI is InChI=1S/2N3.3Na.H2O4S/c2*1-3-2;;;;1-5(2,3)4/h;;;;;(H2,1,2,3,4)/q2*-1;3*+1;. The van der Waals surface area contributed by atoms with Gasteiger partial charge in [0.1, 0.15) is 0 Å². The van der Waals surface area contributed by atoms with Crippen LogP contribution in [0.25, 0.3) is 31.9 Å². The Bertz CT molecular complexity index is 216. The number of nitrogens with zero attached hydrogens (tertiary/aromatic N) is 6. The van der Waals surface area contributed by atoms with Crippen molar-refractivity contribution >= 4 is 10.4 Å². The van der Waals surface area contributed by atoms with E-state index in [2.05, 4.69) is 0 Å². The molecule has 0 amide bonds. The summed E-state index contributed by atoms with van der Waals surface area (Å²) >= 11 is 0. The Morgan fingerprint density at radius 3 is 0.786 bits per heavy atom. The van der Waals surface area contributed by atoms with Crippen LogP contribution in [0.15, 0.2) is 0 Å². The van der Waals surface area contributed by atoms with Crippen molar-refractivity contribution in [1.29, 1.82) is 0 Å². The van der Waals surface area contributed by atoms with Crippen LogP contribution in [0.3, 0.4) is 0 Å². The molecule has 0 aliphatic carbocycles. The van der Waals surface area contributed by atoms with E-state index in [9.17, 15) is 0 Å². The first-order valence-electron chi connectivity index (χ1n) is 1.50. The summed E-state index contributed by atoms with van der Waals surface area (Å²) in [4.78, 5) is 3.00. The summed E-state index contributed by atoms with van der Waals surface area (Å²) in [6.07, 6.45) is 0. The van der Waals surface area contributed by atoms with Crippen molar-refractivity contribution in [1.82, 2.24) is 0 Å². The largest absolute Gasteiger partial charge is 1.00 e. The molecule has 0 atom stereocenters. The summed E-state index contributed by atoms with van der Waals surface area (Å²) in [5.74, 6) is 0. The number of hydrogen-bond acceptors (Lipinski definition) is 2. The summed E-state index contributed by atoms with van der Waals surface area (Å²) in [7, 11) is -4.67. The van der Waals surface area contributed by atoms with Gasteiger partial charge in [-0.05, 0) is 0 Å². The second kappa shape index (κ2) is 29.3. The van der Waals surface area contributed by atoms with Gasteiger partial charge >= 0.3 is 99.1 Å². The number of hydrogen-bond donors (Lipinski definition) is 2. The van der Waals surface area contributed by atoms with Crippen LogP contribution < -0.4 is 88.7 Å². The summed E-state index contributed by atoms with van der Waals surface area (Å²) in [5, 5.41) is 0. The molecule has 14 heavy (non-hydrogen) atoms. The topological polar surface area (TPSA) is 192 Å². The molecule has 0 rings (SSSR count). The Balaban J connectivity index is -0.0000000162. The van der Waals surface area contributed by atoms with E-state index >= 15 is 0 Å². The Morgan fingerprint density at radius 2 is 0.786 bits per heavy atom. The smallest absolute Gasteiger partial charge is 0.373 e. The molecule has 10 nitrogen and oxygen atoms in total. The van der Waals surface area contributed by atoms with Crippen molar-refractivity contribution in [3.8, 4) is 0 Å². The van der Waals surface area contributed by atoms with Gasteiger partial charge in [0.25, 0.3) is 0 Å². The Kier molecular flexibility index (Phi) is 75.5. The van der Waals surface area contributed by atoms with E-state index < -0.39 is 10.4 Å². The van der Waals surface area contributed by atoms with Crippen molar-refractivity contribution in [2.45, 2.75) is 0 Å². The predicted molar refractivity (Wildman–Crippen MR) is 34.3 cm³/mol. The van der Waals surface area contributed by atoms with Crippen LogP contribution in [0.2, 0.25) is 0 Å². The second-order valence-corrected chi connectivity index (χ2v) is 1.52. The van der Waals surface area contributed by atoms with Crippen molar-refractivity contribution in [3.05, 3.63) is 31.9 Å². The van der Waals surface area contributed by atoms with E-state index in [0.29, 0.717) is 0 Å². The van der Waals surface area contributed by atoms with Crippen molar-refractivity contribution in [2.24, 2.45) is 0 Å². The molecule has 0 bridgehead atoms. The molecule has 0 saturated carbocycles. The average molecular weight is 251 g/mol. The predicted octanol–water partition coefficient (Wildman–Crippen LogP) is -7.91. The van der Waals surface area contributed by atoms with Crippen LogP contribution in [0.5, 0.6) is 0 Å². The molecular weight excluding hydrogens is 249 g/mol. The van der Waals surface area contributed by atoms with Gasteiger partial charge in [-0.3, -0.25) is 18.9 Å². The van der Waals surface area contributed by atoms with Crippen LogP contribution in [0.1, 0.15) is 0 Å². The van der Waals surface area contributed by atoms with Crippen LogP contribution in [0, 0.1) is 0 Å². The first-order valence-corrected chi connectivity index (χ1v) is 2.90. The van der Waals surface area contributed by atoms with Gasteiger partial charge in [-0.25, -0.2) is 0 Å². The van der Waals surface area contributed by atoms with Crippen LogP contribution in [-0.4, -0.2) is 17.5 Å². The van der Waals surface area contributed by atoms with Gasteiger partial charge in [0.2, 0.25) is 0 Å². The third kappa shape index (κ3) is 948. The van der Waals surface area contributed by atoms with Gasteiger partial charge < -0.3 is 22.1 Å². The zero-order valence-electron chi connectivity index (χ0n) is 7.80. The fourth-order valence-electron chi connectivity index (χ4n) is 0. The van der Waals surface area contributed by atoms with Crippen LogP contribution in [-0.2, 0) is 10.4 Å². The SMILES string of the molecule is O=S(=O)(O)O.[N-]=[N+]=[N-].[N-]=[N+]=[N-].[Na+].[Na+].[Na+]. The van der Waals surface area contributed by atoms with Gasteiger partial charge in [0, 0.05) is 0 Å². The molecule has 0 aliphatic rings. The molecule has 0 heterocycles. The molecule has 0 aliphatic heterocycles. The normalized spacial score (nSPS) is 5.29. The molecule has 0 aromatic rings. The second-order valence-electron chi connectivity index (χ2n) is 0.627. The van der Waals surface area contributed by atoms with E-state index in [1.807, 2.05) is 0 Å². The van der Waals surface area contributed by atoms with E-state index in [0.717, 1.165) is 0 Å². The Morgan fingerprint density at radius 1 is 0.786 bits per heavy atom. The summed E-state index contributed by atoms with van der Waals surface area (Å²) in [5.41, 5.74) is 27.0. The van der Waals surface area contributed by atoms with Gasteiger partial charge in [-0.15, -0.1) is 0 Å². The zero-order chi connectivity index (χ0) is 9.91.